The molecule has 0 saturated heterocycles. The number of anilines is 1. The Hall–Kier alpha value is -2.44. The molecule has 0 aromatic carbocycles. The highest BCUT2D eigenvalue weighted by molar-refractivity contribution is 5.78. The van der Waals surface area contributed by atoms with Crippen molar-refractivity contribution in [1.82, 2.24) is 20.4 Å². The molecule has 1 amide bonds. The molecule has 7 heteroatoms. The molecule has 0 unspecified atom stereocenters. The zero-order chi connectivity index (χ0) is 13.7. The summed E-state index contributed by atoms with van der Waals surface area (Å²) in [5.74, 6) is 1.01. The van der Waals surface area contributed by atoms with E-state index >= 15 is 0 Å². The van der Waals surface area contributed by atoms with Gasteiger partial charge in [-0.15, -0.1) is 0 Å². The van der Waals surface area contributed by atoms with E-state index in [1.165, 1.54) is 6.20 Å². The van der Waals surface area contributed by atoms with Crippen LogP contribution in [0.1, 0.15) is 17.4 Å². The molecule has 19 heavy (non-hydrogen) atoms. The summed E-state index contributed by atoms with van der Waals surface area (Å²) in [4.78, 5) is 19.8. The van der Waals surface area contributed by atoms with E-state index in [0.717, 1.165) is 0 Å². The van der Waals surface area contributed by atoms with Gasteiger partial charge in [-0.3, -0.25) is 9.78 Å². The lowest BCUT2D eigenvalue weighted by atomic mass is 10.2. The zero-order valence-corrected chi connectivity index (χ0v) is 10.6. The summed E-state index contributed by atoms with van der Waals surface area (Å²) in [6.07, 6.45) is 2.30. The molecule has 0 fully saturated rings. The van der Waals surface area contributed by atoms with Gasteiger partial charge in [0.1, 0.15) is 0 Å². The molecule has 2 rings (SSSR count). The number of nitrogens with two attached hydrogens (primary N) is 1. The molecule has 3 N–H and O–H groups in total. The van der Waals surface area contributed by atoms with Gasteiger partial charge in [-0.2, -0.15) is 4.98 Å². The summed E-state index contributed by atoms with van der Waals surface area (Å²) in [5.41, 5.74) is 6.78. The van der Waals surface area contributed by atoms with Crippen LogP contribution in [0.15, 0.2) is 22.9 Å². The third-order valence-electron chi connectivity index (χ3n) is 2.43. The second-order valence-corrected chi connectivity index (χ2v) is 4.09. The minimum atomic E-state index is -0.0995. The molecule has 100 valence electrons. The molecule has 0 aliphatic rings. The van der Waals surface area contributed by atoms with Crippen LogP contribution in [0, 0.1) is 6.92 Å². The number of nitrogens with zero attached hydrogens (tertiary/aromatic N) is 3. The summed E-state index contributed by atoms with van der Waals surface area (Å²) in [6.45, 7) is 2.19. The molecule has 2 aromatic heterocycles. The molecular weight excluding hydrogens is 246 g/mol. The summed E-state index contributed by atoms with van der Waals surface area (Å²) >= 11 is 0. The van der Waals surface area contributed by atoms with Gasteiger partial charge in [0.25, 0.3) is 0 Å². The van der Waals surface area contributed by atoms with Crippen molar-refractivity contribution in [3.63, 3.8) is 0 Å². The molecular formula is C12H15N5O2. The molecule has 0 aliphatic carbocycles. The largest absolute Gasteiger partial charge is 0.397 e. The number of pyridine rings is 1. The number of carbonyl (C=O) groups is 1. The van der Waals surface area contributed by atoms with E-state index in [9.17, 15) is 4.79 Å². The molecule has 0 aliphatic heterocycles. The minimum absolute atomic E-state index is 0.0995. The standard InChI is InChI=1S/C12H15N5O2/c1-8-16-11(17-19-8)4-5-14-12(18)6-10-3-2-9(13)7-15-10/h2-3,7H,4-6,13H2,1H3,(H,14,18). The van der Waals surface area contributed by atoms with Gasteiger partial charge in [-0.1, -0.05) is 5.16 Å². The maximum atomic E-state index is 11.6. The number of carbonyl (C=O) groups excluding carboxylic acids is 1. The lowest BCUT2D eigenvalue weighted by molar-refractivity contribution is -0.120. The minimum Gasteiger partial charge on any atom is -0.397 e. The van der Waals surface area contributed by atoms with Crippen LogP contribution >= 0.6 is 0 Å². The third kappa shape index (κ3) is 4.06. The van der Waals surface area contributed by atoms with Gasteiger partial charge in [0, 0.05) is 25.6 Å². The van der Waals surface area contributed by atoms with Gasteiger partial charge in [0.05, 0.1) is 18.3 Å². The van der Waals surface area contributed by atoms with Crippen LogP contribution in [0.25, 0.3) is 0 Å². The normalized spacial score (nSPS) is 10.4. The van der Waals surface area contributed by atoms with Crippen molar-refractivity contribution in [1.29, 1.82) is 0 Å². The summed E-state index contributed by atoms with van der Waals surface area (Å²) in [6, 6.07) is 3.45. The molecule has 0 saturated carbocycles. The van der Waals surface area contributed by atoms with E-state index < -0.39 is 0 Å². The van der Waals surface area contributed by atoms with Gasteiger partial charge in [0.15, 0.2) is 5.82 Å². The predicted octanol–water partition coefficient (Wildman–Crippen LogP) is 0.257. The van der Waals surface area contributed by atoms with Crippen LogP contribution < -0.4 is 11.1 Å². The van der Waals surface area contributed by atoms with Crippen LogP contribution in [0.4, 0.5) is 5.69 Å². The Morgan fingerprint density at radius 3 is 2.95 bits per heavy atom. The number of aromatic nitrogens is 3. The summed E-state index contributed by atoms with van der Waals surface area (Å²) in [5, 5.41) is 6.51. The van der Waals surface area contributed by atoms with Crippen molar-refractivity contribution in [3.05, 3.63) is 35.7 Å². The first-order chi connectivity index (χ1) is 9.13. The number of nitrogen functional groups attached to an aromatic ring is 1. The zero-order valence-electron chi connectivity index (χ0n) is 10.6. The average Bonchev–Trinajstić information content (AvgIpc) is 2.78. The third-order valence-corrected chi connectivity index (χ3v) is 2.43. The maximum absolute atomic E-state index is 11.6. The van der Waals surface area contributed by atoms with Crippen LogP contribution in [0.5, 0.6) is 0 Å². The highest BCUT2D eigenvalue weighted by Gasteiger charge is 2.06. The number of aryl methyl sites for hydroxylation is 1. The van der Waals surface area contributed by atoms with Crippen molar-refractivity contribution < 1.29 is 9.32 Å². The van der Waals surface area contributed by atoms with Crippen molar-refractivity contribution in [2.75, 3.05) is 12.3 Å². The second-order valence-electron chi connectivity index (χ2n) is 4.09. The monoisotopic (exact) mass is 261 g/mol. The van der Waals surface area contributed by atoms with Crippen LogP contribution in [0.2, 0.25) is 0 Å². The first-order valence-corrected chi connectivity index (χ1v) is 5.90. The van der Waals surface area contributed by atoms with E-state index in [2.05, 4.69) is 20.4 Å². The van der Waals surface area contributed by atoms with E-state index in [1.54, 1.807) is 19.1 Å². The van der Waals surface area contributed by atoms with E-state index in [-0.39, 0.29) is 12.3 Å². The second kappa shape index (κ2) is 5.94. The topological polar surface area (TPSA) is 107 Å². The predicted molar refractivity (Wildman–Crippen MR) is 68.1 cm³/mol. The van der Waals surface area contributed by atoms with Crippen molar-refractivity contribution in [3.8, 4) is 0 Å². The fourth-order valence-electron chi connectivity index (χ4n) is 1.52. The van der Waals surface area contributed by atoms with Crippen LogP contribution in [-0.2, 0) is 17.6 Å². The number of amides is 1. The van der Waals surface area contributed by atoms with Crippen molar-refractivity contribution >= 4 is 11.6 Å². The molecule has 0 bridgehead atoms. The Bertz CT molecular complexity index is 550. The Kier molecular flexibility index (Phi) is 4.07. The Labute approximate surface area is 110 Å². The highest BCUT2D eigenvalue weighted by atomic mass is 16.5. The molecule has 0 spiro atoms. The van der Waals surface area contributed by atoms with Crippen molar-refractivity contribution in [2.45, 2.75) is 19.8 Å². The van der Waals surface area contributed by atoms with Crippen LogP contribution in [-0.4, -0.2) is 27.6 Å². The first kappa shape index (κ1) is 13.0. The van der Waals surface area contributed by atoms with E-state index in [1.807, 2.05) is 0 Å². The van der Waals surface area contributed by atoms with Gasteiger partial charge >= 0.3 is 0 Å². The summed E-state index contributed by atoms with van der Waals surface area (Å²) < 4.78 is 4.83. The molecule has 0 atom stereocenters. The quantitative estimate of drug-likeness (QED) is 0.799. The van der Waals surface area contributed by atoms with Crippen LogP contribution in [0.3, 0.4) is 0 Å². The van der Waals surface area contributed by atoms with Gasteiger partial charge in [-0.05, 0) is 12.1 Å². The fourth-order valence-corrected chi connectivity index (χ4v) is 1.52. The van der Waals surface area contributed by atoms with E-state index in [4.69, 9.17) is 10.3 Å². The van der Waals surface area contributed by atoms with Gasteiger partial charge < -0.3 is 15.6 Å². The molecule has 0 radical (unpaired) electrons. The number of nitrogens with one attached hydrogen (secondary N) is 1. The van der Waals surface area contributed by atoms with Gasteiger partial charge in [0.2, 0.25) is 11.8 Å². The lowest BCUT2D eigenvalue weighted by Gasteiger charge is -2.03. The highest BCUT2D eigenvalue weighted by Crippen LogP contribution is 2.01. The maximum Gasteiger partial charge on any atom is 0.226 e. The Morgan fingerprint density at radius 2 is 2.32 bits per heavy atom. The lowest BCUT2D eigenvalue weighted by Crippen LogP contribution is -2.27. The number of rotatable bonds is 5. The molecule has 2 aromatic rings. The SMILES string of the molecule is Cc1nc(CCNC(=O)Cc2ccc(N)cn2)no1. The Morgan fingerprint density at radius 1 is 1.47 bits per heavy atom. The van der Waals surface area contributed by atoms with Crippen molar-refractivity contribution in [2.24, 2.45) is 0 Å². The Balaban J connectivity index is 1.74. The number of hydrogen-bond donors (Lipinski definition) is 2. The molecule has 7 nitrogen and oxygen atoms in total. The first-order valence-electron chi connectivity index (χ1n) is 5.90. The van der Waals surface area contributed by atoms with E-state index in [0.29, 0.717) is 36.1 Å². The average molecular weight is 261 g/mol. The molecule has 2 heterocycles. The fraction of sp³-hybridized carbons (Fsp3) is 0.333. The number of hydrogen-bond acceptors (Lipinski definition) is 6. The smallest absolute Gasteiger partial charge is 0.226 e. The summed E-state index contributed by atoms with van der Waals surface area (Å²) in [7, 11) is 0. The van der Waals surface area contributed by atoms with Gasteiger partial charge in [-0.25, -0.2) is 0 Å².